The first-order valence-corrected chi connectivity index (χ1v) is 8.89. The number of hydrogen-bond donors (Lipinski definition) is 0. The van der Waals surface area contributed by atoms with Crippen LogP contribution in [0.25, 0.3) is 0 Å². The highest BCUT2D eigenvalue weighted by Gasteiger charge is 2.51. The zero-order chi connectivity index (χ0) is 14.4. The van der Waals surface area contributed by atoms with E-state index in [1.807, 2.05) is 0 Å². The topological polar surface area (TPSA) is 6.48 Å². The largest absolute Gasteiger partial charge is 0.303 e. The number of hydrogen-bond acceptors (Lipinski definition) is 2. The summed E-state index contributed by atoms with van der Waals surface area (Å²) >= 11 is 0. The number of piperidine rings is 1. The highest BCUT2D eigenvalue weighted by Crippen LogP contribution is 2.53. The van der Waals surface area contributed by atoms with E-state index in [1.54, 1.807) is 0 Å². The smallest absolute Gasteiger partial charge is 0.0123 e. The molecule has 2 saturated heterocycles. The van der Waals surface area contributed by atoms with Gasteiger partial charge in [0.25, 0.3) is 0 Å². The van der Waals surface area contributed by atoms with Crippen molar-refractivity contribution >= 4 is 0 Å². The van der Waals surface area contributed by atoms with Crippen LogP contribution >= 0.6 is 0 Å². The van der Waals surface area contributed by atoms with Gasteiger partial charge in [0.05, 0.1) is 0 Å². The summed E-state index contributed by atoms with van der Waals surface area (Å²) in [6, 6.07) is 1.76. The highest BCUT2D eigenvalue weighted by molar-refractivity contribution is 5.04. The van der Waals surface area contributed by atoms with Gasteiger partial charge in [-0.2, -0.15) is 0 Å². The summed E-state index contributed by atoms with van der Waals surface area (Å²) in [6.07, 6.45) is 8.45. The molecule has 0 aromatic carbocycles. The van der Waals surface area contributed by atoms with Crippen molar-refractivity contribution in [3.8, 4) is 0 Å². The Bertz CT molecular complexity index is 343. The van der Waals surface area contributed by atoms with Crippen molar-refractivity contribution in [2.24, 2.45) is 10.8 Å². The molecule has 1 aliphatic carbocycles. The van der Waals surface area contributed by atoms with Gasteiger partial charge in [0, 0.05) is 18.6 Å². The number of nitrogens with zero attached hydrogens (tertiary/aromatic N) is 2. The predicted octanol–water partition coefficient (Wildman–Crippen LogP) is 3.76. The maximum atomic E-state index is 2.93. The molecule has 3 fully saturated rings. The lowest BCUT2D eigenvalue weighted by Crippen LogP contribution is -2.47. The van der Waals surface area contributed by atoms with Crippen molar-refractivity contribution in [2.75, 3.05) is 26.2 Å². The quantitative estimate of drug-likeness (QED) is 0.775. The maximum Gasteiger partial charge on any atom is 0.0123 e. The van der Waals surface area contributed by atoms with Crippen LogP contribution in [0.5, 0.6) is 0 Å². The van der Waals surface area contributed by atoms with Gasteiger partial charge >= 0.3 is 0 Å². The molecule has 0 radical (unpaired) electrons. The average molecular weight is 278 g/mol. The fourth-order valence-corrected chi connectivity index (χ4v) is 5.72. The fraction of sp³-hybridized carbons (Fsp3) is 1.00. The monoisotopic (exact) mass is 278 g/mol. The van der Waals surface area contributed by atoms with E-state index in [4.69, 9.17) is 0 Å². The molecule has 116 valence electrons. The highest BCUT2D eigenvalue weighted by atomic mass is 15.2. The standard InChI is InChI=1S/C18H34N2/c1-5-8-19-9-6-15(7-10-19)20-14-18(4)12-16(20)11-17(2,3)13-18/h15-16H,5-14H2,1-4H3. The van der Waals surface area contributed by atoms with Crippen LogP contribution in [0.2, 0.25) is 0 Å². The number of likely N-dealkylation sites (tertiary alicyclic amines) is 2. The normalized spacial score (nSPS) is 39.3. The van der Waals surface area contributed by atoms with Crippen LogP contribution in [-0.2, 0) is 0 Å². The lowest BCUT2D eigenvalue weighted by Gasteiger charge is -2.42. The Hall–Kier alpha value is -0.0800. The van der Waals surface area contributed by atoms with Gasteiger partial charge in [-0.25, -0.2) is 0 Å². The van der Waals surface area contributed by atoms with Crippen molar-refractivity contribution in [3.63, 3.8) is 0 Å². The Morgan fingerprint density at radius 2 is 1.70 bits per heavy atom. The van der Waals surface area contributed by atoms with Gasteiger partial charge in [-0.1, -0.05) is 27.7 Å². The maximum absolute atomic E-state index is 2.93. The van der Waals surface area contributed by atoms with E-state index < -0.39 is 0 Å². The first-order valence-electron chi connectivity index (χ1n) is 8.89. The molecule has 2 heterocycles. The molecule has 3 rings (SSSR count). The first kappa shape index (κ1) is 14.8. The van der Waals surface area contributed by atoms with Crippen molar-refractivity contribution in [1.29, 1.82) is 0 Å². The van der Waals surface area contributed by atoms with Crippen molar-refractivity contribution in [3.05, 3.63) is 0 Å². The molecule has 2 unspecified atom stereocenters. The summed E-state index contributed by atoms with van der Waals surface area (Å²) < 4.78 is 0. The Labute approximate surface area is 125 Å². The second-order valence-electron chi connectivity index (χ2n) is 8.96. The zero-order valence-electron chi connectivity index (χ0n) is 14.1. The minimum Gasteiger partial charge on any atom is -0.303 e. The fourth-order valence-electron chi connectivity index (χ4n) is 5.72. The summed E-state index contributed by atoms with van der Waals surface area (Å²) in [5, 5.41) is 0. The minimum absolute atomic E-state index is 0.565. The van der Waals surface area contributed by atoms with Crippen LogP contribution in [0.1, 0.15) is 66.2 Å². The van der Waals surface area contributed by atoms with Crippen LogP contribution in [0, 0.1) is 10.8 Å². The number of fused-ring (bicyclic) bond motifs is 2. The van der Waals surface area contributed by atoms with Crippen molar-refractivity contribution in [2.45, 2.75) is 78.3 Å². The predicted molar refractivity (Wildman–Crippen MR) is 86.0 cm³/mol. The summed E-state index contributed by atoms with van der Waals surface area (Å²) in [6.45, 7) is 15.2. The molecule has 0 amide bonds. The van der Waals surface area contributed by atoms with E-state index in [9.17, 15) is 0 Å². The molecule has 0 N–H and O–H groups in total. The summed E-state index contributed by atoms with van der Waals surface area (Å²) in [5.74, 6) is 0. The van der Waals surface area contributed by atoms with E-state index >= 15 is 0 Å². The number of rotatable bonds is 3. The van der Waals surface area contributed by atoms with E-state index in [0.717, 1.165) is 12.1 Å². The molecule has 0 spiro atoms. The van der Waals surface area contributed by atoms with Gasteiger partial charge in [0.2, 0.25) is 0 Å². The Morgan fingerprint density at radius 3 is 2.35 bits per heavy atom. The molecule has 0 aromatic heterocycles. The van der Waals surface area contributed by atoms with Crippen LogP contribution in [-0.4, -0.2) is 48.1 Å². The molecular formula is C18H34N2. The van der Waals surface area contributed by atoms with Gasteiger partial charge < -0.3 is 4.90 Å². The lowest BCUT2D eigenvalue weighted by molar-refractivity contribution is 0.0830. The Balaban J connectivity index is 1.62. The Morgan fingerprint density at radius 1 is 1.00 bits per heavy atom. The van der Waals surface area contributed by atoms with Crippen molar-refractivity contribution < 1.29 is 0 Å². The van der Waals surface area contributed by atoms with E-state index in [-0.39, 0.29) is 0 Å². The molecule has 2 bridgehead atoms. The van der Waals surface area contributed by atoms with Crippen LogP contribution in [0.15, 0.2) is 0 Å². The van der Waals surface area contributed by atoms with E-state index in [1.165, 1.54) is 64.7 Å². The van der Waals surface area contributed by atoms with Crippen LogP contribution in [0.3, 0.4) is 0 Å². The second-order valence-corrected chi connectivity index (χ2v) is 8.96. The van der Waals surface area contributed by atoms with Gasteiger partial charge in [-0.05, 0) is 69.0 Å². The lowest BCUT2D eigenvalue weighted by atomic mass is 9.65. The van der Waals surface area contributed by atoms with E-state index in [0.29, 0.717) is 10.8 Å². The average Bonchev–Trinajstić information content (AvgIpc) is 2.60. The van der Waals surface area contributed by atoms with Crippen LogP contribution < -0.4 is 0 Å². The zero-order valence-corrected chi connectivity index (χ0v) is 14.1. The molecule has 0 aromatic rings. The molecule has 2 heteroatoms. The molecule has 2 atom stereocenters. The third-order valence-electron chi connectivity index (χ3n) is 6.02. The summed E-state index contributed by atoms with van der Waals surface area (Å²) in [4.78, 5) is 5.60. The van der Waals surface area contributed by atoms with Gasteiger partial charge in [-0.15, -0.1) is 0 Å². The first-order chi connectivity index (χ1) is 9.41. The van der Waals surface area contributed by atoms with Gasteiger partial charge in [-0.3, -0.25) is 4.90 Å². The van der Waals surface area contributed by atoms with Crippen LogP contribution in [0.4, 0.5) is 0 Å². The minimum atomic E-state index is 0.565. The Kier molecular flexibility index (Phi) is 3.92. The molecule has 3 aliphatic rings. The second kappa shape index (κ2) is 5.28. The molecule has 2 aliphatic heterocycles. The summed E-state index contributed by atoms with van der Waals surface area (Å²) in [7, 11) is 0. The molecule has 20 heavy (non-hydrogen) atoms. The third kappa shape index (κ3) is 2.92. The summed E-state index contributed by atoms with van der Waals surface area (Å²) in [5.41, 5.74) is 1.17. The third-order valence-corrected chi connectivity index (χ3v) is 6.02. The molecule has 2 nitrogen and oxygen atoms in total. The van der Waals surface area contributed by atoms with Gasteiger partial charge in [0.1, 0.15) is 0 Å². The SMILES string of the molecule is CCCN1CCC(N2CC3(C)CC2CC(C)(C)C3)CC1. The van der Waals surface area contributed by atoms with Crippen molar-refractivity contribution in [1.82, 2.24) is 9.80 Å². The van der Waals surface area contributed by atoms with E-state index in [2.05, 4.69) is 37.5 Å². The van der Waals surface area contributed by atoms with Gasteiger partial charge in [0.15, 0.2) is 0 Å². The molecule has 1 saturated carbocycles. The molecular weight excluding hydrogens is 244 g/mol.